The molecule has 1 N–H and O–H groups in total. The average Bonchev–Trinajstić information content (AvgIpc) is 2.62. The topological polar surface area (TPSA) is 21.3 Å². The number of likely N-dealkylation sites (N-methyl/N-ethyl adjacent to an activating group) is 1. The molecule has 2 nitrogen and oxygen atoms in total. The van der Waals surface area contributed by atoms with E-state index in [-0.39, 0.29) is 6.10 Å². The van der Waals surface area contributed by atoms with E-state index in [2.05, 4.69) is 18.3 Å². The lowest BCUT2D eigenvalue weighted by Crippen LogP contribution is -2.24. The van der Waals surface area contributed by atoms with Gasteiger partial charge in [0.1, 0.15) is 0 Å². The first-order valence-electron chi connectivity index (χ1n) is 5.22. The Morgan fingerprint density at radius 3 is 3.21 bits per heavy atom. The molecule has 14 heavy (non-hydrogen) atoms. The van der Waals surface area contributed by atoms with Gasteiger partial charge in [-0.05, 0) is 25.1 Å². The Labute approximate surface area is 89.3 Å². The highest BCUT2D eigenvalue weighted by Gasteiger charge is 2.22. The number of hydrogen-bond acceptors (Lipinski definition) is 3. The standard InChI is InChI=1S/C11H17NOS/c1-3-8-6-9-10(7-12-2)13-5-4-11(9)14-8/h6,10,12H,3-5,7H2,1-2H3/t10-/m0/s1. The fourth-order valence-electron chi connectivity index (χ4n) is 1.88. The van der Waals surface area contributed by atoms with Crippen molar-refractivity contribution in [2.45, 2.75) is 25.9 Å². The second-order valence-corrected chi connectivity index (χ2v) is 4.83. The Balaban J connectivity index is 2.24. The molecule has 1 aliphatic rings. The lowest BCUT2D eigenvalue weighted by atomic mass is 10.1. The van der Waals surface area contributed by atoms with Gasteiger partial charge in [-0.15, -0.1) is 11.3 Å². The summed E-state index contributed by atoms with van der Waals surface area (Å²) in [7, 11) is 1.98. The number of ether oxygens (including phenoxy) is 1. The Morgan fingerprint density at radius 2 is 2.50 bits per heavy atom. The van der Waals surface area contributed by atoms with Gasteiger partial charge in [0.05, 0.1) is 12.7 Å². The summed E-state index contributed by atoms with van der Waals surface area (Å²) in [6.07, 6.45) is 2.52. The minimum absolute atomic E-state index is 0.278. The molecule has 0 aliphatic carbocycles. The SMILES string of the molecule is CCc1cc2c(s1)CCO[C@H]2CNC. The number of nitrogens with one attached hydrogen (secondary N) is 1. The maximum atomic E-state index is 5.75. The third-order valence-corrected chi connectivity index (χ3v) is 3.98. The van der Waals surface area contributed by atoms with Gasteiger partial charge in [0, 0.05) is 22.7 Å². The van der Waals surface area contributed by atoms with E-state index < -0.39 is 0 Å². The minimum Gasteiger partial charge on any atom is -0.372 e. The van der Waals surface area contributed by atoms with Crippen molar-refractivity contribution in [3.8, 4) is 0 Å². The van der Waals surface area contributed by atoms with Crippen LogP contribution in [-0.2, 0) is 17.6 Å². The first-order chi connectivity index (χ1) is 6.85. The largest absolute Gasteiger partial charge is 0.372 e. The molecular formula is C11H17NOS. The maximum absolute atomic E-state index is 5.75. The van der Waals surface area contributed by atoms with Crippen LogP contribution < -0.4 is 5.32 Å². The molecule has 78 valence electrons. The highest BCUT2D eigenvalue weighted by atomic mass is 32.1. The van der Waals surface area contributed by atoms with Crippen LogP contribution >= 0.6 is 11.3 Å². The van der Waals surface area contributed by atoms with E-state index in [1.807, 2.05) is 18.4 Å². The van der Waals surface area contributed by atoms with Crippen LogP contribution in [-0.4, -0.2) is 20.2 Å². The summed E-state index contributed by atoms with van der Waals surface area (Å²) in [4.78, 5) is 3.02. The molecule has 0 amide bonds. The predicted molar refractivity (Wildman–Crippen MR) is 60.0 cm³/mol. The van der Waals surface area contributed by atoms with E-state index in [4.69, 9.17) is 4.74 Å². The van der Waals surface area contributed by atoms with Crippen LogP contribution in [0.4, 0.5) is 0 Å². The first-order valence-corrected chi connectivity index (χ1v) is 6.04. The van der Waals surface area contributed by atoms with Gasteiger partial charge in [-0.2, -0.15) is 0 Å². The summed E-state index contributed by atoms with van der Waals surface area (Å²) in [6, 6.07) is 2.32. The highest BCUT2D eigenvalue weighted by Crippen LogP contribution is 2.33. The van der Waals surface area contributed by atoms with Crippen LogP contribution in [0.1, 0.15) is 28.3 Å². The summed E-state index contributed by atoms with van der Waals surface area (Å²) in [5.41, 5.74) is 1.42. The molecule has 2 heterocycles. The summed E-state index contributed by atoms with van der Waals surface area (Å²) in [5.74, 6) is 0. The van der Waals surface area contributed by atoms with Gasteiger partial charge in [-0.3, -0.25) is 0 Å². The monoisotopic (exact) mass is 211 g/mol. The van der Waals surface area contributed by atoms with Gasteiger partial charge >= 0.3 is 0 Å². The van der Waals surface area contributed by atoms with Crippen molar-refractivity contribution in [3.63, 3.8) is 0 Å². The molecule has 0 unspecified atom stereocenters. The van der Waals surface area contributed by atoms with Crippen LogP contribution in [0.5, 0.6) is 0 Å². The molecule has 1 atom stereocenters. The van der Waals surface area contributed by atoms with Gasteiger partial charge in [0.15, 0.2) is 0 Å². The molecule has 2 rings (SSSR count). The van der Waals surface area contributed by atoms with E-state index in [1.54, 1.807) is 0 Å². The molecule has 0 aromatic carbocycles. The quantitative estimate of drug-likeness (QED) is 0.827. The van der Waals surface area contributed by atoms with Crippen molar-refractivity contribution in [1.29, 1.82) is 0 Å². The molecule has 0 saturated heterocycles. The number of fused-ring (bicyclic) bond motifs is 1. The molecule has 3 heteroatoms. The third-order valence-electron chi connectivity index (χ3n) is 2.63. The molecule has 1 aliphatic heterocycles. The van der Waals surface area contributed by atoms with Gasteiger partial charge in [-0.25, -0.2) is 0 Å². The lowest BCUT2D eigenvalue weighted by molar-refractivity contribution is 0.0451. The molecule has 0 saturated carbocycles. The van der Waals surface area contributed by atoms with Crippen LogP contribution in [0.15, 0.2) is 6.07 Å². The van der Waals surface area contributed by atoms with Crippen molar-refractivity contribution in [2.75, 3.05) is 20.2 Å². The van der Waals surface area contributed by atoms with E-state index in [0.29, 0.717) is 0 Å². The summed E-state index contributed by atoms with van der Waals surface area (Å²) in [5, 5.41) is 3.19. The second kappa shape index (κ2) is 4.43. The number of thiophene rings is 1. The van der Waals surface area contributed by atoms with Gasteiger partial charge < -0.3 is 10.1 Å². The third kappa shape index (κ3) is 1.85. The molecule has 1 aromatic rings. The van der Waals surface area contributed by atoms with Crippen molar-refractivity contribution < 1.29 is 4.74 Å². The maximum Gasteiger partial charge on any atom is 0.0960 e. The molecule has 1 aromatic heterocycles. The van der Waals surface area contributed by atoms with E-state index in [1.165, 1.54) is 15.3 Å². The minimum atomic E-state index is 0.278. The summed E-state index contributed by atoms with van der Waals surface area (Å²) < 4.78 is 5.75. The predicted octanol–water partition coefficient (Wildman–Crippen LogP) is 2.14. The molecule has 0 radical (unpaired) electrons. The van der Waals surface area contributed by atoms with Crippen LogP contribution in [0.25, 0.3) is 0 Å². The van der Waals surface area contributed by atoms with Gasteiger partial charge in [0.25, 0.3) is 0 Å². The van der Waals surface area contributed by atoms with Crippen LogP contribution in [0.2, 0.25) is 0 Å². The number of hydrogen-bond donors (Lipinski definition) is 1. The summed E-state index contributed by atoms with van der Waals surface area (Å²) >= 11 is 1.96. The highest BCUT2D eigenvalue weighted by molar-refractivity contribution is 7.12. The number of rotatable bonds is 3. The Morgan fingerprint density at radius 1 is 1.64 bits per heavy atom. The molecule has 0 fully saturated rings. The Bertz CT molecular complexity index is 308. The van der Waals surface area contributed by atoms with Crippen LogP contribution in [0, 0.1) is 0 Å². The Hall–Kier alpha value is -0.380. The Kier molecular flexibility index (Phi) is 3.21. The lowest BCUT2D eigenvalue weighted by Gasteiger charge is -2.22. The van der Waals surface area contributed by atoms with E-state index >= 15 is 0 Å². The fourth-order valence-corrected chi connectivity index (χ4v) is 3.02. The smallest absolute Gasteiger partial charge is 0.0960 e. The molecule has 0 bridgehead atoms. The van der Waals surface area contributed by atoms with Crippen molar-refractivity contribution in [2.24, 2.45) is 0 Å². The van der Waals surface area contributed by atoms with Gasteiger partial charge in [-0.1, -0.05) is 6.92 Å². The van der Waals surface area contributed by atoms with Crippen molar-refractivity contribution >= 4 is 11.3 Å². The molecular weight excluding hydrogens is 194 g/mol. The molecule has 0 spiro atoms. The average molecular weight is 211 g/mol. The summed E-state index contributed by atoms with van der Waals surface area (Å²) in [6.45, 7) is 4.02. The van der Waals surface area contributed by atoms with Crippen molar-refractivity contribution in [1.82, 2.24) is 5.32 Å². The number of aryl methyl sites for hydroxylation is 1. The fraction of sp³-hybridized carbons (Fsp3) is 0.636. The van der Waals surface area contributed by atoms with Crippen LogP contribution in [0.3, 0.4) is 0 Å². The van der Waals surface area contributed by atoms with Gasteiger partial charge in [0.2, 0.25) is 0 Å². The zero-order valence-electron chi connectivity index (χ0n) is 8.80. The second-order valence-electron chi connectivity index (χ2n) is 3.61. The van der Waals surface area contributed by atoms with E-state index in [9.17, 15) is 0 Å². The van der Waals surface area contributed by atoms with E-state index in [0.717, 1.165) is 26.0 Å². The zero-order chi connectivity index (χ0) is 9.97. The zero-order valence-corrected chi connectivity index (χ0v) is 9.62. The first kappa shape index (κ1) is 10.1. The van der Waals surface area contributed by atoms with Crippen molar-refractivity contribution in [3.05, 3.63) is 21.4 Å². The normalized spacial score (nSPS) is 20.9.